The van der Waals surface area contributed by atoms with Gasteiger partial charge in [0, 0.05) is 33.5 Å². The van der Waals surface area contributed by atoms with Crippen LogP contribution in [0.5, 0.6) is 0 Å². The number of aromatic nitrogens is 3. The van der Waals surface area contributed by atoms with Crippen molar-refractivity contribution in [2.24, 2.45) is 10.2 Å². The highest BCUT2D eigenvalue weighted by Crippen LogP contribution is 2.26. The van der Waals surface area contributed by atoms with Gasteiger partial charge in [-0.3, -0.25) is 4.57 Å². The second-order valence-corrected chi connectivity index (χ2v) is 10.00. The van der Waals surface area contributed by atoms with Crippen molar-refractivity contribution in [2.75, 3.05) is 0 Å². The van der Waals surface area contributed by atoms with E-state index in [1.807, 2.05) is 0 Å². The quantitative estimate of drug-likeness (QED) is 0.287. The molecule has 192 valence electrons. The topological polar surface area (TPSA) is 102 Å². The standard InChI is InChI=1S/C27H20Cl3N5O3/c28-19-9-7-17(8-10-19)25-33-35(27(38)34(25)14-16-3-1-4-18(11-16)26(36)37)15-21-12-20(31-32-21)13-22-23(29)5-2-6-24(22)30/h1-11H,12-15H2,(H,36,37). The van der Waals surface area contributed by atoms with Crippen LogP contribution in [0.4, 0.5) is 0 Å². The van der Waals surface area contributed by atoms with Gasteiger partial charge in [0.15, 0.2) is 5.82 Å². The second kappa shape index (κ2) is 10.9. The third-order valence-corrected chi connectivity index (χ3v) is 7.02. The number of aromatic carboxylic acids is 1. The highest BCUT2D eigenvalue weighted by atomic mass is 35.5. The third kappa shape index (κ3) is 5.57. The second-order valence-electron chi connectivity index (χ2n) is 8.75. The maximum absolute atomic E-state index is 13.5. The summed E-state index contributed by atoms with van der Waals surface area (Å²) in [6, 6.07) is 18.8. The van der Waals surface area contributed by atoms with Crippen molar-refractivity contribution in [3.05, 3.63) is 109 Å². The van der Waals surface area contributed by atoms with Crippen LogP contribution < -0.4 is 5.69 Å². The molecular formula is C27H20Cl3N5O3. The monoisotopic (exact) mass is 567 g/mol. The van der Waals surface area contributed by atoms with Crippen molar-refractivity contribution in [3.63, 3.8) is 0 Å². The van der Waals surface area contributed by atoms with Crippen LogP contribution in [0.15, 0.2) is 81.7 Å². The summed E-state index contributed by atoms with van der Waals surface area (Å²) in [5.41, 5.74) is 3.36. The van der Waals surface area contributed by atoms with E-state index in [0.29, 0.717) is 50.6 Å². The molecule has 0 saturated heterocycles. The Bertz CT molecular complexity index is 1640. The van der Waals surface area contributed by atoms with Crippen LogP contribution in [0, 0.1) is 0 Å². The summed E-state index contributed by atoms with van der Waals surface area (Å²) in [6.07, 6.45) is 0.905. The van der Waals surface area contributed by atoms with Crippen LogP contribution in [0.2, 0.25) is 15.1 Å². The Labute approximate surface area is 232 Å². The first-order chi connectivity index (χ1) is 18.3. The molecule has 0 spiro atoms. The Morgan fingerprint density at radius 1 is 0.895 bits per heavy atom. The SMILES string of the molecule is O=C(O)c1cccc(Cn2c(-c3ccc(Cl)cc3)nn(CC3=NN=C(Cc4c(Cl)cccc4Cl)C3)c2=O)c1. The number of hydrogen-bond donors (Lipinski definition) is 1. The zero-order valence-corrected chi connectivity index (χ0v) is 22.1. The third-order valence-electron chi connectivity index (χ3n) is 6.06. The number of carboxylic acid groups (broad SMARTS) is 1. The van der Waals surface area contributed by atoms with Gasteiger partial charge in [0.2, 0.25) is 0 Å². The molecule has 3 aromatic carbocycles. The van der Waals surface area contributed by atoms with Crippen LogP contribution in [-0.2, 0) is 19.5 Å². The van der Waals surface area contributed by atoms with Gasteiger partial charge in [-0.25, -0.2) is 14.3 Å². The molecule has 5 rings (SSSR count). The molecule has 1 N–H and O–H groups in total. The lowest BCUT2D eigenvalue weighted by Crippen LogP contribution is -2.28. The van der Waals surface area contributed by atoms with E-state index < -0.39 is 5.97 Å². The van der Waals surface area contributed by atoms with Gasteiger partial charge in [-0.2, -0.15) is 10.2 Å². The molecule has 1 aliphatic rings. The van der Waals surface area contributed by atoms with E-state index in [4.69, 9.17) is 34.8 Å². The Balaban J connectivity index is 1.41. The molecule has 0 unspecified atom stereocenters. The summed E-state index contributed by atoms with van der Waals surface area (Å²) >= 11 is 18.7. The number of rotatable bonds is 8. The zero-order valence-electron chi connectivity index (χ0n) is 19.8. The summed E-state index contributed by atoms with van der Waals surface area (Å²) in [4.78, 5) is 24.9. The molecule has 1 aromatic heterocycles. The first-order valence-corrected chi connectivity index (χ1v) is 12.7. The number of carbonyl (C=O) groups is 1. The molecule has 38 heavy (non-hydrogen) atoms. The molecular weight excluding hydrogens is 549 g/mol. The lowest BCUT2D eigenvalue weighted by Gasteiger charge is -2.07. The smallest absolute Gasteiger partial charge is 0.346 e. The number of nitrogens with zero attached hydrogens (tertiary/aromatic N) is 5. The van der Waals surface area contributed by atoms with Crippen LogP contribution in [-0.4, -0.2) is 36.8 Å². The highest BCUT2D eigenvalue weighted by molar-refractivity contribution is 6.36. The van der Waals surface area contributed by atoms with Crippen molar-refractivity contribution in [2.45, 2.75) is 25.9 Å². The fourth-order valence-corrected chi connectivity index (χ4v) is 4.85. The Morgan fingerprint density at radius 2 is 1.58 bits per heavy atom. The highest BCUT2D eigenvalue weighted by Gasteiger charge is 2.21. The maximum atomic E-state index is 13.5. The van der Waals surface area contributed by atoms with E-state index in [9.17, 15) is 14.7 Å². The summed E-state index contributed by atoms with van der Waals surface area (Å²) in [5, 5.41) is 24.2. The van der Waals surface area contributed by atoms with Crippen molar-refractivity contribution < 1.29 is 9.90 Å². The molecule has 0 aliphatic carbocycles. The predicted molar refractivity (Wildman–Crippen MR) is 149 cm³/mol. The fourth-order valence-electron chi connectivity index (χ4n) is 4.20. The normalized spacial score (nSPS) is 12.9. The number of halogens is 3. The van der Waals surface area contributed by atoms with Crippen molar-refractivity contribution in [1.82, 2.24) is 14.3 Å². The van der Waals surface area contributed by atoms with E-state index in [2.05, 4.69) is 15.3 Å². The minimum atomic E-state index is -1.04. The summed E-state index contributed by atoms with van der Waals surface area (Å²) in [7, 11) is 0. The summed E-state index contributed by atoms with van der Waals surface area (Å²) in [5.74, 6) is -0.615. The largest absolute Gasteiger partial charge is 0.478 e. The molecule has 0 amide bonds. The van der Waals surface area contributed by atoms with E-state index in [1.165, 1.54) is 15.3 Å². The van der Waals surface area contributed by atoms with Crippen molar-refractivity contribution >= 4 is 52.2 Å². The minimum Gasteiger partial charge on any atom is -0.478 e. The lowest BCUT2D eigenvalue weighted by atomic mass is 10.0. The van der Waals surface area contributed by atoms with E-state index in [0.717, 1.165) is 11.3 Å². The molecule has 0 bridgehead atoms. The molecule has 2 heterocycles. The Hall–Kier alpha value is -3.72. The van der Waals surface area contributed by atoms with Gasteiger partial charge in [-0.1, -0.05) is 53.0 Å². The van der Waals surface area contributed by atoms with Crippen molar-refractivity contribution in [1.29, 1.82) is 0 Å². The molecule has 0 radical (unpaired) electrons. The predicted octanol–water partition coefficient (Wildman–Crippen LogP) is 5.86. The van der Waals surface area contributed by atoms with Crippen LogP contribution in [0.1, 0.15) is 27.9 Å². The fraction of sp³-hybridized carbons (Fsp3) is 0.148. The van der Waals surface area contributed by atoms with Gasteiger partial charge in [0.05, 0.1) is 30.1 Å². The Kier molecular flexibility index (Phi) is 7.46. The molecule has 0 saturated carbocycles. The number of benzene rings is 3. The van der Waals surface area contributed by atoms with Gasteiger partial charge < -0.3 is 5.11 Å². The average Bonchev–Trinajstić information content (AvgIpc) is 3.47. The van der Waals surface area contributed by atoms with Gasteiger partial charge in [0.25, 0.3) is 0 Å². The van der Waals surface area contributed by atoms with Gasteiger partial charge in [0.1, 0.15) is 0 Å². The van der Waals surface area contributed by atoms with E-state index >= 15 is 0 Å². The van der Waals surface area contributed by atoms with Crippen LogP contribution >= 0.6 is 34.8 Å². The average molecular weight is 569 g/mol. The molecule has 8 nitrogen and oxygen atoms in total. The molecule has 4 aromatic rings. The van der Waals surface area contributed by atoms with E-state index in [1.54, 1.807) is 60.7 Å². The summed E-state index contributed by atoms with van der Waals surface area (Å²) < 4.78 is 2.84. The molecule has 11 heteroatoms. The lowest BCUT2D eigenvalue weighted by molar-refractivity contribution is 0.0696. The number of carboxylic acids is 1. The summed E-state index contributed by atoms with van der Waals surface area (Å²) in [6.45, 7) is 0.280. The van der Waals surface area contributed by atoms with Crippen LogP contribution in [0.25, 0.3) is 11.4 Å². The van der Waals surface area contributed by atoms with Crippen LogP contribution in [0.3, 0.4) is 0 Å². The minimum absolute atomic E-state index is 0.136. The number of hydrogen-bond acceptors (Lipinski definition) is 5. The van der Waals surface area contributed by atoms with Gasteiger partial charge >= 0.3 is 11.7 Å². The van der Waals surface area contributed by atoms with E-state index in [-0.39, 0.29) is 24.3 Å². The van der Waals surface area contributed by atoms with Gasteiger partial charge in [-0.15, -0.1) is 5.10 Å². The zero-order chi connectivity index (χ0) is 26.8. The van der Waals surface area contributed by atoms with Gasteiger partial charge in [-0.05, 0) is 59.7 Å². The van der Waals surface area contributed by atoms with Crippen molar-refractivity contribution in [3.8, 4) is 11.4 Å². The molecule has 1 aliphatic heterocycles. The Morgan fingerprint density at radius 3 is 2.29 bits per heavy atom. The first-order valence-electron chi connectivity index (χ1n) is 11.6. The molecule has 0 atom stereocenters. The molecule has 0 fully saturated rings. The first kappa shape index (κ1) is 25.9. The maximum Gasteiger partial charge on any atom is 0.346 e.